The van der Waals surface area contributed by atoms with Crippen molar-refractivity contribution >= 4 is 9.52 Å². The molecule has 0 bridgehead atoms. The van der Waals surface area contributed by atoms with Crippen molar-refractivity contribution in [2.75, 3.05) is 6.61 Å². The summed E-state index contributed by atoms with van der Waals surface area (Å²) in [6.07, 6.45) is 9.65. The summed E-state index contributed by atoms with van der Waals surface area (Å²) >= 11 is 0. The minimum atomic E-state index is -0.928. The van der Waals surface area contributed by atoms with Crippen molar-refractivity contribution in [1.29, 1.82) is 0 Å². The molecule has 1 aliphatic carbocycles. The molecule has 0 spiro atoms. The number of aryl methyl sites for hydroxylation is 1. The van der Waals surface area contributed by atoms with Gasteiger partial charge in [-0.3, -0.25) is 0 Å². The van der Waals surface area contributed by atoms with E-state index in [4.69, 9.17) is 9.47 Å². The van der Waals surface area contributed by atoms with E-state index < -0.39 is 11.6 Å². The average Bonchev–Trinajstić information content (AvgIpc) is 2.66. The Morgan fingerprint density at radius 2 is 1.88 bits per heavy atom. The molecule has 5 heteroatoms. The summed E-state index contributed by atoms with van der Waals surface area (Å²) in [5.74, 6) is -0.785. The van der Waals surface area contributed by atoms with E-state index >= 15 is 0 Å². The van der Waals surface area contributed by atoms with Gasteiger partial charge in [0.2, 0.25) is 11.6 Å². The zero-order valence-electron chi connectivity index (χ0n) is 16.0. The largest absolute Gasteiger partial charge is 0.491 e. The molecule has 0 saturated heterocycles. The zero-order valence-corrected chi connectivity index (χ0v) is 17.0. The van der Waals surface area contributed by atoms with Gasteiger partial charge in [0.1, 0.15) is 0 Å². The average molecular weight is 381 g/mol. The highest BCUT2D eigenvalue weighted by Crippen LogP contribution is 2.39. The molecule has 2 aliphatic rings. The Hall–Kier alpha value is -1.10. The van der Waals surface area contributed by atoms with Gasteiger partial charge in [-0.1, -0.05) is 45.4 Å². The SMILES string of the molecule is CCCC1CCC([Si]CC2CCc3cc(OCC)c(F)c(F)c3O2)CC1. The molecule has 0 N–H and O–H groups in total. The van der Waals surface area contributed by atoms with E-state index in [9.17, 15) is 8.78 Å². The second-order valence-electron chi connectivity index (χ2n) is 7.62. The van der Waals surface area contributed by atoms with Gasteiger partial charge < -0.3 is 9.47 Å². The third-order valence-electron chi connectivity index (χ3n) is 5.70. The molecule has 1 fully saturated rings. The zero-order chi connectivity index (χ0) is 18.5. The van der Waals surface area contributed by atoms with Crippen LogP contribution in [-0.4, -0.2) is 22.2 Å². The van der Waals surface area contributed by atoms with Gasteiger partial charge in [-0.05, 0) is 43.3 Å². The van der Waals surface area contributed by atoms with Crippen molar-refractivity contribution in [3.8, 4) is 11.5 Å². The van der Waals surface area contributed by atoms with Gasteiger partial charge in [0, 0.05) is 15.1 Å². The maximum Gasteiger partial charge on any atom is 0.204 e. The van der Waals surface area contributed by atoms with Gasteiger partial charge in [-0.2, -0.15) is 8.78 Å². The second kappa shape index (κ2) is 9.20. The molecule has 0 amide bonds. The van der Waals surface area contributed by atoms with Crippen LogP contribution in [-0.2, 0) is 6.42 Å². The van der Waals surface area contributed by atoms with Crippen LogP contribution in [0.5, 0.6) is 11.5 Å². The molecular formula is C21H30F2O2Si. The fourth-order valence-electron chi connectivity index (χ4n) is 4.26. The van der Waals surface area contributed by atoms with Gasteiger partial charge >= 0.3 is 0 Å². The topological polar surface area (TPSA) is 18.5 Å². The van der Waals surface area contributed by atoms with Crippen LogP contribution in [0.3, 0.4) is 0 Å². The van der Waals surface area contributed by atoms with Gasteiger partial charge in [0.15, 0.2) is 11.5 Å². The van der Waals surface area contributed by atoms with Crippen LogP contribution >= 0.6 is 0 Å². The monoisotopic (exact) mass is 380 g/mol. The molecule has 2 radical (unpaired) electrons. The minimum absolute atomic E-state index is 0.00323. The summed E-state index contributed by atoms with van der Waals surface area (Å²) in [5, 5.41) is 0. The Kier molecular flexibility index (Phi) is 6.96. The molecule has 1 saturated carbocycles. The summed E-state index contributed by atoms with van der Waals surface area (Å²) in [6, 6.07) is 2.57. The van der Waals surface area contributed by atoms with E-state index in [0.717, 1.165) is 45.4 Å². The molecule has 1 aliphatic heterocycles. The van der Waals surface area contributed by atoms with Gasteiger partial charge in [0.05, 0.1) is 12.7 Å². The normalized spacial score (nSPS) is 25.5. The van der Waals surface area contributed by atoms with E-state index in [2.05, 4.69) is 6.92 Å². The van der Waals surface area contributed by atoms with E-state index in [1.807, 2.05) is 0 Å². The van der Waals surface area contributed by atoms with Crippen molar-refractivity contribution in [2.24, 2.45) is 5.92 Å². The molecule has 3 rings (SSSR count). The predicted octanol–water partition coefficient (Wildman–Crippen LogP) is 5.96. The smallest absolute Gasteiger partial charge is 0.204 e. The summed E-state index contributed by atoms with van der Waals surface area (Å²) in [4.78, 5) is 0. The highest BCUT2D eigenvalue weighted by Gasteiger charge is 2.29. The lowest BCUT2D eigenvalue weighted by molar-refractivity contribution is 0.177. The first kappa shape index (κ1) is 19.7. The summed E-state index contributed by atoms with van der Waals surface area (Å²) in [7, 11) is 0.867. The number of hydrogen-bond acceptors (Lipinski definition) is 2. The highest BCUT2D eigenvalue weighted by molar-refractivity contribution is 6.37. The fourth-order valence-corrected chi connectivity index (χ4v) is 5.88. The van der Waals surface area contributed by atoms with Crippen LogP contribution in [0.2, 0.25) is 11.6 Å². The van der Waals surface area contributed by atoms with Crippen molar-refractivity contribution in [3.05, 3.63) is 23.3 Å². The molecule has 1 atom stereocenters. The van der Waals surface area contributed by atoms with Crippen LogP contribution in [0.25, 0.3) is 0 Å². The van der Waals surface area contributed by atoms with Crippen LogP contribution in [0.1, 0.15) is 64.4 Å². The summed E-state index contributed by atoms with van der Waals surface area (Å²) < 4.78 is 39.5. The Morgan fingerprint density at radius 1 is 1.12 bits per heavy atom. The number of hydrogen-bond donors (Lipinski definition) is 0. The lowest BCUT2D eigenvalue weighted by atomic mass is 9.86. The summed E-state index contributed by atoms with van der Waals surface area (Å²) in [6.45, 7) is 4.35. The van der Waals surface area contributed by atoms with Gasteiger partial charge in [0.25, 0.3) is 0 Å². The van der Waals surface area contributed by atoms with E-state index in [1.165, 1.54) is 38.5 Å². The van der Waals surface area contributed by atoms with Gasteiger partial charge in [-0.25, -0.2) is 0 Å². The molecular weight excluding hydrogens is 350 g/mol. The number of halogens is 2. The first-order chi connectivity index (χ1) is 12.6. The number of ether oxygens (including phenoxy) is 2. The first-order valence-electron chi connectivity index (χ1n) is 10.2. The van der Waals surface area contributed by atoms with E-state index in [0.29, 0.717) is 6.61 Å². The number of benzene rings is 1. The van der Waals surface area contributed by atoms with Crippen molar-refractivity contribution < 1.29 is 18.3 Å². The van der Waals surface area contributed by atoms with Crippen LogP contribution in [0.15, 0.2) is 6.07 Å². The van der Waals surface area contributed by atoms with Crippen LogP contribution < -0.4 is 9.47 Å². The Morgan fingerprint density at radius 3 is 2.58 bits per heavy atom. The Bertz CT molecular complexity index is 600. The number of rotatable bonds is 7. The molecule has 144 valence electrons. The predicted molar refractivity (Wildman–Crippen MR) is 101 cm³/mol. The number of fused-ring (bicyclic) bond motifs is 1. The molecule has 1 aromatic rings. The van der Waals surface area contributed by atoms with E-state index in [-0.39, 0.29) is 17.6 Å². The standard InChI is InChI=1S/C21H30F2O2Si/c1-3-5-14-6-10-17(11-7-14)26-13-16-9-8-15-12-18(24-4-2)19(22)20(23)21(15)25-16/h12,14,16-17H,3-11,13H2,1-2H3. The summed E-state index contributed by atoms with van der Waals surface area (Å²) in [5.41, 5.74) is 1.53. The van der Waals surface area contributed by atoms with E-state index in [1.54, 1.807) is 13.0 Å². The van der Waals surface area contributed by atoms with Gasteiger partial charge in [-0.15, -0.1) is 0 Å². The maximum atomic E-state index is 14.4. The molecule has 1 aromatic carbocycles. The first-order valence-corrected chi connectivity index (χ1v) is 11.4. The van der Waals surface area contributed by atoms with Crippen molar-refractivity contribution in [2.45, 2.75) is 82.9 Å². The Balaban J connectivity index is 1.53. The molecule has 2 nitrogen and oxygen atoms in total. The second-order valence-corrected chi connectivity index (χ2v) is 9.25. The quantitative estimate of drug-likeness (QED) is 0.544. The molecule has 1 unspecified atom stereocenters. The Labute approximate surface area is 158 Å². The molecule has 1 heterocycles. The third-order valence-corrected chi connectivity index (χ3v) is 7.55. The third kappa shape index (κ3) is 4.59. The van der Waals surface area contributed by atoms with Crippen LogP contribution in [0, 0.1) is 17.6 Å². The highest BCUT2D eigenvalue weighted by atomic mass is 28.2. The lowest BCUT2D eigenvalue weighted by Crippen LogP contribution is -2.27. The van der Waals surface area contributed by atoms with Crippen LogP contribution in [0.4, 0.5) is 8.78 Å². The van der Waals surface area contributed by atoms with Crippen molar-refractivity contribution in [1.82, 2.24) is 0 Å². The maximum absolute atomic E-state index is 14.4. The minimum Gasteiger partial charge on any atom is -0.491 e. The molecule has 26 heavy (non-hydrogen) atoms. The molecule has 0 aromatic heterocycles. The lowest BCUT2D eigenvalue weighted by Gasteiger charge is -2.31. The fraction of sp³-hybridized carbons (Fsp3) is 0.714. The van der Waals surface area contributed by atoms with Crippen molar-refractivity contribution in [3.63, 3.8) is 0 Å².